The van der Waals surface area contributed by atoms with E-state index in [2.05, 4.69) is 21.5 Å². The number of hydrogen-bond acceptors (Lipinski definition) is 7. The molecule has 1 fully saturated rings. The first-order valence-electron chi connectivity index (χ1n) is 13.3. The van der Waals surface area contributed by atoms with E-state index in [0.717, 1.165) is 11.6 Å². The van der Waals surface area contributed by atoms with Gasteiger partial charge in [-0.2, -0.15) is 4.98 Å². The molecule has 212 valence electrons. The molecule has 41 heavy (non-hydrogen) atoms. The maximum atomic E-state index is 15.8. The molecule has 0 saturated carbocycles. The lowest BCUT2D eigenvalue weighted by atomic mass is 10.0. The molecule has 4 heterocycles. The van der Waals surface area contributed by atoms with Crippen molar-refractivity contribution in [2.24, 2.45) is 0 Å². The summed E-state index contributed by atoms with van der Waals surface area (Å²) < 4.78 is 32.1. The minimum atomic E-state index is -0.796. The van der Waals surface area contributed by atoms with Crippen LogP contribution in [0, 0.1) is 18.6 Å². The first-order chi connectivity index (χ1) is 19.5. The Bertz CT molecular complexity index is 1750. The monoisotopic (exact) mass is 559 g/mol. The summed E-state index contributed by atoms with van der Waals surface area (Å²) in [5.74, 6) is -1.52. The van der Waals surface area contributed by atoms with Crippen LogP contribution in [-0.4, -0.2) is 56.0 Å². The summed E-state index contributed by atoms with van der Waals surface area (Å²) in [6.45, 7) is 12.3. The highest BCUT2D eigenvalue weighted by Crippen LogP contribution is 2.34. The fourth-order valence-corrected chi connectivity index (χ4v) is 5.33. The summed E-state index contributed by atoms with van der Waals surface area (Å²) in [7, 11) is 0. The van der Waals surface area contributed by atoms with Crippen LogP contribution in [0.15, 0.2) is 54.0 Å². The van der Waals surface area contributed by atoms with Gasteiger partial charge in [-0.15, -0.1) is 0 Å². The van der Waals surface area contributed by atoms with Crippen molar-refractivity contribution in [1.82, 2.24) is 24.4 Å². The fraction of sp³-hybridized carbons (Fsp3) is 0.300. The third kappa shape index (κ3) is 4.92. The minimum absolute atomic E-state index is 0.0618. The van der Waals surface area contributed by atoms with Crippen molar-refractivity contribution in [3.63, 3.8) is 0 Å². The fourth-order valence-electron chi connectivity index (χ4n) is 5.33. The Hall–Kier alpha value is -4.67. The quantitative estimate of drug-likeness (QED) is 0.286. The van der Waals surface area contributed by atoms with Gasteiger partial charge in [-0.25, -0.2) is 23.1 Å². The molecule has 1 aromatic carbocycles. The molecule has 1 saturated heterocycles. The number of amides is 1. The van der Waals surface area contributed by atoms with Crippen LogP contribution < -0.4 is 16.3 Å². The van der Waals surface area contributed by atoms with Gasteiger partial charge in [0, 0.05) is 43.1 Å². The number of fused-ring (bicyclic) bond motifs is 1. The van der Waals surface area contributed by atoms with Crippen LogP contribution in [0.2, 0.25) is 0 Å². The number of nitrogen functional groups attached to an aromatic ring is 1. The second-order valence-electron chi connectivity index (χ2n) is 10.5. The summed E-state index contributed by atoms with van der Waals surface area (Å²) in [6.07, 6.45) is 2.92. The number of pyridine rings is 2. The maximum Gasteiger partial charge on any atom is 0.355 e. The van der Waals surface area contributed by atoms with Gasteiger partial charge in [0.1, 0.15) is 23.1 Å². The van der Waals surface area contributed by atoms with E-state index in [4.69, 9.17) is 5.73 Å². The molecule has 0 radical (unpaired) electrons. The zero-order valence-electron chi connectivity index (χ0n) is 23.4. The average molecular weight is 560 g/mol. The summed E-state index contributed by atoms with van der Waals surface area (Å²) in [5, 5.41) is 0.267. The molecule has 0 aliphatic carbocycles. The number of aromatic nitrogens is 4. The zero-order chi connectivity index (χ0) is 29.6. The molecule has 0 bridgehead atoms. The topological polar surface area (TPSA) is 110 Å². The Morgan fingerprint density at radius 3 is 2.59 bits per heavy atom. The van der Waals surface area contributed by atoms with Gasteiger partial charge in [0.05, 0.1) is 16.8 Å². The van der Waals surface area contributed by atoms with Gasteiger partial charge < -0.3 is 15.5 Å². The van der Waals surface area contributed by atoms with Crippen molar-refractivity contribution in [3.05, 3.63) is 82.6 Å². The molecular formula is C30H31F2N7O2. The number of piperazine rings is 1. The molecule has 0 unspecified atom stereocenters. The lowest BCUT2D eigenvalue weighted by Gasteiger charge is -2.40. The summed E-state index contributed by atoms with van der Waals surface area (Å²) in [5.41, 5.74) is 7.06. The normalized spacial score (nSPS) is 15.5. The number of aryl methyl sites for hydroxylation is 1. The number of nitrogens with two attached hydrogens (primary N) is 1. The van der Waals surface area contributed by atoms with Gasteiger partial charge in [0.2, 0.25) is 5.91 Å². The van der Waals surface area contributed by atoms with E-state index in [-0.39, 0.29) is 51.7 Å². The number of carbonyl (C=O) groups excluding carboxylic acids is 1. The van der Waals surface area contributed by atoms with Gasteiger partial charge in [0.25, 0.3) is 0 Å². The maximum absolute atomic E-state index is 15.8. The Morgan fingerprint density at radius 1 is 1.15 bits per heavy atom. The van der Waals surface area contributed by atoms with Crippen molar-refractivity contribution in [2.45, 2.75) is 39.7 Å². The summed E-state index contributed by atoms with van der Waals surface area (Å²) >= 11 is 0. The number of nitrogens with zero attached hydrogens (tertiary/aromatic N) is 6. The van der Waals surface area contributed by atoms with Crippen molar-refractivity contribution < 1.29 is 13.6 Å². The second-order valence-corrected chi connectivity index (χ2v) is 10.5. The van der Waals surface area contributed by atoms with Gasteiger partial charge in [-0.1, -0.05) is 20.4 Å². The standard InChI is InChI=1S/C30H31F2N7O2/c1-6-24(40)37-11-12-38(18(5)15-37)28-21-14-23(32)26(20-13-19(33)7-8-22(20)31)35-29(21)39(30(41)36-28)27-17(4)9-10-34-25(27)16(2)3/h6-10,13-14,16,18H,1,11-12,15,33H2,2-5H3/t18-/m0/s1. The Kier molecular flexibility index (Phi) is 7.29. The number of benzene rings is 1. The molecule has 5 rings (SSSR count). The zero-order valence-corrected chi connectivity index (χ0v) is 23.4. The predicted octanol–water partition coefficient (Wildman–Crippen LogP) is 4.36. The van der Waals surface area contributed by atoms with Gasteiger partial charge in [0.15, 0.2) is 5.65 Å². The molecule has 11 heteroatoms. The van der Waals surface area contributed by atoms with Crippen LogP contribution in [0.5, 0.6) is 0 Å². The van der Waals surface area contributed by atoms with E-state index in [1.165, 1.54) is 28.8 Å². The van der Waals surface area contributed by atoms with E-state index in [9.17, 15) is 14.0 Å². The largest absolute Gasteiger partial charge is 0.399 e. The molecule has 1 amide bonds. The number of hydrogen-bond donors (Lipinski definition) is 1. The smallest absolute Gasteiger partial charge is 0.355 e. The first kappa shape index (κ1) is 27.9. The van der Waals surface area contributed by atoms with E-state index >= 15 is 4.39 Å². The third-order valence-corrected chi connectivity index (χ3v) is 7.36. The van der Waals surface area contributed by atoms with Crippen LogP contribution in [0.25, 0.3) is 28.0 Å². The van der Waals surface area contributed by atoms with Crippen LogP contribution in [0.3, 0.4) is 0 Å². The number of anilines is 2. The van der Waals surface area contributed by atoms with E-state index in [0.29, 0.717) is 31.0 Å². The summed E-state index contributed by atoms with van der Waals surface area (Å²) in [4.78, 5) is 43.2. The van der Waals surface area contributed by atoms with Crippen LogP contribution in [0.1, 0.15) is 37.9 Å². The molecule has 0 spiro atoms. The Balaban J connectivity index is 1.82. The van der Waals surface area contributed by atoms with Gasteiger partial charge >= 0.3 is 5.69 Å². The number of halogens is 2. The lowest BCUT2D eigenvalue weighted by molar-refractivity contribution is -0.126. The molecule has 9 nitrogen and oxygen atoms in total. The first-order valence-corrected chi connectivity index (χ1v) is 13.3. The SMILES string of the molecule is C=CC(=O)N1CCN(c2nc(=O)n(-c3c(C)ccnc3C(C)C)c3nc(-c4cc(N)ccc4F)c(F)cc23)[C@@H](C)C1. The van der Waals surface area contributed by atoms with Gasteiger partial charge in [-0.05, 0) is 61.7 Å². The van der Waals surface area contributed by atoms with Crippen molar-refractivity contribution in [1.29, 1.82) is 0 Å². The van der Waals surface area contributed by atoms with E-state index < -0.39 is 17.3 Å². The Morgan fingerprint density at radius 2 is 1.90 bits per heavy atom. The highest BCUT2D eigenvalue weighted by atomic mass is 19.1. The molecule has 1 aliphatic rings. The van der Waals surface area contributed by atoms with Crippen molar-refractivity contribution in [3.8, 4) is 16.9 Å². The van der Waals surface area contributed by atoms with Gasteiger partial charge in [-0.3, -0.25) is 9.78 Å². The second kappa shape index (κ2) is 10.7. The number of rotatable bonds is 5. The highest BCUT2D eigenvalue weighted by Gasteiger charge is 2.30. The van der Waals surface area contributed by atoms with E-state index in [1.54, 1.807) is 17.2 Å². The third-order valence-electron chi connectivity index (χ3n) is 7.36. The predicted molar refractivity (Wildman–Crippen MR) is 155 cm³/mol. The minimum Gasteiger partial charge on any atom is -0.399 e. The van der Waals surface area contributed by atoms with Crippen molar-refractivity contribution in [2.75, 3.05) is 30.3 Å². The molecule has 1 atom stereocenters. The molecular weight excluding hydrogens is 528 g/mol. The van der Waals surface area contributed by atoms with Crippen LogP contribution in [-0.2, 0) is 4.79 Å². The Labute approximate surface area is 236 Å². The van der Waals surface area contributed by atoms with Crippen LogP contribution >= 0.6 is 0 Å². The van der Waals surface area contributed by atoms with E-state index in [1.807, 2.05) is 32.6 Å². The highest BCUT2D eigenvalue weighted by molar-refractivity contribution is 5.91. The molecule has 1 aliphatic heterocycles. The molecule has 4 aromatic rings. The average Bonchev–Trinajstić information content (AvgIpc) is 2.94. The van der Waals surface area contributed by atoms with Crippen molar-refractivity contribution >= 4 is 28.4 Å². The lowest BCUT2D eigenvalue weighted by Crippen LogP contribution is -2.54. The number of carbonyl (C=O) groups is 1. The van der Waals surface area contributed by atoms with Crippen LogP contribution in [0.4, 0.5) is 20.3 Å². The molecule has 3 aromatic heterocycles. The summed E-state index contributed by atoms with van der Waals surface area (Å²) in [6, 6.07) is 6.58. The molecule has 2 N–H and O–H groups in total.